The molecule has 0 fully saturated rings. The molecule has 0 heterocycles. The van der Waals surface area contributed by atoms with Gasteiger partial charge >= 0.3 is 0 Å². The zero-order valence-electron chi connectivity index (χ0n) is 13.2. The van der Waals surface area contributed by atoms with Crippen molar-refractivity contribution in [3.8, 4) is 0 Å². The van der Waals surface area contributed by atoms with Crippen LogP contribution in [0.3, 0.4) is 0 Å². The average Bonchev–Trinajstić information content (AvgIpc) is 2.51. The SMILES string of the molecule is CC(C)(O)c1ccccc1.CC(C)c1ccccc1.[O-]O. The minimum absolute atomic E-state index is 0.659. The molecular weight excluding hydrogens is 264 g/mol. The van der Waals surface area contributed by atoms with Gasteiger partial charge in [0.05, 0.1) is 5.60 Å². The van der Waals surface area contributed by atoms with Crippen molar-refractivity contribution >= 4 is 0 Å². The van der Waals surface area contributed by atoms with Gasteiger partial charge in [-0.15, -0.1) is 0 Å². The van der Waals surface area contributed by atoms with Crippen LogP contribution in [-0.2, 0) is 5.60 Å². The molecule has 0 amide bonds. The van der Waals surface area contributed by atoms with E-state index in [9.17, 15) is 5.11 Å². The first-order valence-electron chi connectivity index (χ1n) is 6.92. The minimum Gasteiger partial charge on any atom is -0.727 e. The summed E-state index contributed by atoms with van der Waals surface area (Å²) in [6, 6.07) is 20.1. The van der Waals surface area contributed by atoms with E-state index in [4.69, 9.17) is 10.5 Å². The molecule has 116 valence electrons. The highest BCUT2D eigenvalue weighted by molar-refractivity contribution is 5.20. The van der Waals surface area contributed by atoms with Gasteiger partial charge in [0.25, 0.3) is 0 Å². The van der Waals surface area contributed by atoms with Gasteiger partial charge in [-0.25, -0.2) is 0 Å². The quantitative estimate of drug-likeness (QED) is 0.656. The molecule has 3 nitrogen and oxygen atoms in total. The van der Waals surface area contributed by atoms with Crippen molar-refractivity contribution in [2.75, 3.05) is 0 Å². The van der Waals surface area contributed by atoms with Crippen molar-refractivity contribution in [2.45, 2.75) is 39.2 Å². The number of benzene rings is 2. The maximum Gasteiger partial charge on any atom is 0.0840 e. The largest absolute Gasteiger partial charge is 0.727 e. The van der Waals surface area contributed by atoms with Crippen LogP contribution in [0.15, 0.2) is 60.7 Å². The Morgan fingerprint density at radius 2 is 1.19 bits per heavy atom. The molecule has 21 heavy (non-hydrogen) atoms. The molecular formula is C18H25O3-. The van der Waals surface area contributed by atoms with Crippen LogP contribution in [0.1, 0.15) is 44.7 Å². The fourth-order valence-electron chi connectivity index (χ4n) is 1.68. The highest BCUT2D eigenvalue weighted by Crippen LogP contribution is 2.17. The highest BCUT2D eigenvalue weighted by atomic mass is 17.0. The second-order valence-corrected chi connectivity index (χ2v) is 5.49. The fraction of sp³-hybridized carbons (Fsp3) is 0.333. The normalized spacial score (nSPS) is 10.1. The maximum absolute atomic E-state index is 9.49. The first-order valence-corrected chi connectivity index (χ1v) is 6.92. The van der Waals surface area contributed by atoms with E-state index in [1.807, 2.05) is 36.4 Å². The van der Waals surface area contributed by atoms with E-state index in [1.54, 1.807) is 13.8 Å². The minimum atomic E-state index is -0.707. The molecule has 0 atom stereocenters. The standard InChI is InChI=1S/C9H12O.C9H12.H2O2/c1-9(2,10)8-6-4-3-5-7-8;1-8(2)9-6-4-3-5-7-9;1-2/h3-7,10H,1-2H3;3-8H,1-2H3;1-2H/p-1. The lowest BCUT2D eigenvalue weighted by atomic mass is 9.99. The van der Waals surface area contributed by atoms with Crippen LogP contribution < -0.4 is 5.26 Å². The Morgan fingerprint density at radius 1 is 0.810 bits per heavy atom. The van der Waals surface area contributed by atoms with Crippen molar-refractivity contribution in [1.82, 2.24) is 0 Å². The van der Waals surface area contributed by atoms with Crippen molar-refractivity contribution in [2.24, 2.45) is 0 Å². The van der Waals surface area contributed by atoms with E-state index >= 15 is 0 Å². The van der Waals surface area contributed by atoms with Gasteiger partial charge in [-0.1, -0.05) is 74.5 Å². The van der Waals surface area contributed by atoms with Gasteiger partial charge in [0.1, 0.15) is 0 Å². The molecule has 2 rings (SSSR count). The Bertz CT molecular complexity index is 459. The predicted octanol–water partition coefficient (Wildman–Crippen LogP) is 3.54. The summed E-state index contributed by atoms with van der Waals surface area (Å²) in [4.78, 5) is 0. The van der Waals surface area contributed by atoms with Crippen molar-refractivity contribution in [3.05, 3.63) is 71.8 Å². The third kappa shape index (κ3) is 8.25. The lowest BCUT2D eigenvalue weighted by Gasteiger charge is -2.16. The molecule has 0 saturated carbocycles. The van der Waals surface area contributed by atoms with E-state index in [0.29, 0.717) is 5.92 Å². The third-order valence-electron chi connectivity index (χ3n) is 2.95. The van der Waals surface area contributed by atoms with Crippen LogP contribution in [-0.4, -0.2) is 10.4 Å². The number of rotatable bonds is 2. The van der Waals surface area contributed by atoms with Gasteiger partial charge in [-0.3, -0.25) is 0 Å². The zero-order chi connectivity index (χ0) is 16.3. The maximum atomic E-state index is 9.49. The van der Waals surface area contributed by atoms with E-state index < -0.39 is 5.60 Å². The van der Waals surface area contributed by atoms with Crippen LogP contribution >= 0.6 is 0 Å². The van der Waals surface area contributed by atoms with Crippen LogP contribution in [0, 0.1) is 0 Å². The molecule has 0 radical (unpaired) electrons. The summed E-state index contributed by atoms with van der Waals surface area (Å²) in [5, 5.41) is 22.5. The smallest absolute Gasteiger partial charge is 0.0840 e. The first kappa shape index (κ1) is 19.3. The summed E-state index contributed by atoms with van der Waals surface area (Å²) in [6.07, 6.45) is 0. The molecule has 0 aliphatic heterocycles. The Labute approximate surface area is 127 Å². The molecule has 0 saturated heterocycles. The Kier molecular flexibility index (Phi) is 9.30. The summed E-state index contributed by atoms with van der Waals surface area (Å²) >= 11 is 0. The zero-order valence-corrected chi connectivity index (χ0v) is 13.2. The van der Waals surface area contributed by atoms with Crippen molar-refractivity contribution < 1.29 is 15.6 Å². The molecule has 2 aromatic rings. The topological polar surface area (TPSA) is 63.5 Å². The Balaban J connectivity index is 0.000000342. The van der Waals surface area contributed by atoms with E-state index in [2.05, 4.69) is 38.1 Å². The summed E-state index contributed by atoms with van der Waals surface area (Å²) in [7, 11) is 0. The second-order valence-electron chi connectivity index (χ2n) is 5.49. The second kappa shape index (κ2) is 10.1. The van der Waals surface area contributed by atoms with Gasteiger partial charge in [-0.05, 0) is 30.9 Å². The van der Waals surface area contributed by atoms with E-state index in [1.165, 1.54) is 5.56 Å². The molecule has 0 aliphatic rings. The molecule has 0 unspecified atom stereocenters. The van der Waals surface area contributed by atoms with Gasteiger partial charge in [0.15, 0.2) is 0 Å². The van der Waals surface area contributed by atoms with Crippen LogP contribution in [0.2, 0.25) is 0 Å². The highest BCUT2D eigenvalue weighted by Gasteiger charge is 2.13. The Hall–Kier alpha value is -1.68. The third-order valence-corrected chi connectivity index (χ3v) is 2.95. The van der Waals surface area contributed by atoms with Gasteiger partial charge in [0, 0.05) is 0 Å². The molecule has 0 aromatic heterocycles. The molecule has 3 heteroatoms. The summed E-state index contributed by atoms with van der Waals surface area (Å²) in [5.41, 5.74) is 1.66. The predicted molar refractivity (Wildman–Crippen MR) is 84.8 cm³/mol. The van der Waals surface area contributed by atoms with Gasteiger partial charge in [0.2, 0.25) is 0 Å². The molecule has 0 aliphatic carbocycles. The molecule has 2 aromatic carbocycles. The lowest BCUT2D eigenvalue weighted by Crippen LogP contribution is -2.14. The summed E-state index contributed by atoms with van der Waals surface area (Å²) in [5.74, 6) is 0.659. The summed E-state index contributed by atoms with van der Waals surface area (Å²) < 4.78 is 0. The number of hydrogen-bond acceptors (Lipinski definition) is 3. The van der Waals surface area contributed by atoms with Crippen LogP contribution in [0.5, 0.6) is 0 Å². The molecule has 2 N–H and O–H groups in total. The van der Waals surface area contributed by atoms with E-state index in [-0.39, 0.29) is 0 Å². The Morgan fingerprint density at radius 3 is 1.43 bits per heavy atom. The van der Waals surface area contributed by atoms with Gasteiger partial charge in [-0.2, -0.15) is 0 Å². The van der Waals surface area contributed by atoms with Crippen LogP contribution in [0.25, 0.3) is 0 Å². The lowest BCUT2D eigenvalue weighted by molar-refractivity contribution is -0.670. The van der Waals surface area contributed by atoms with Gasteiger partial charge < -0.3 is 15.6 Å². The average molecular weight is 289 g/mol. The molecule has 0 bridgehead atoms. The van der Waals surface area contributed by atoms with Crippen molar-refractivity contribution in [1.29, 1.82) is 0 Å². The van der Waals surface area contributed by atoms with E-state index in [0.717, 1.165) is 5.56 Å². The first-order chi connectivity index (χ1) is 9.91. The monoisotopic (exact) mass is 289 g/mol. The van der Waals surface area contributed by atoms with Crippen molar-refractivity contribution in [3.63, 3.8) is 0 Å². The number of hydrogen-bond donors (Lipinski definition) is 2. The van der Waals surface area contributed by atoms with Crippen LogP contribution in [0.4, 0.5) is 0 Å². The number of aliphatic hydroxyl groups is 1. The molecule has 0 spiro atoms. The fourth-order valence-corrected chi connectivity index (χ4v) is 1.68. The summed E-state index contributed by atoms with van der Waals surface area (Å²) in [6.45, 7) is 7.97.